The summed E-state index contributed by atoms with van der Waals surface area (Å²) in [5, 5.41) is 16.9. The van der Waals surface area contributed by atoms with Gasteiger partial charge in [0.15, 0.2) is 0 Å². The minimum Gasteiger partial charge on any atom is -0.737 e. The number of rotatable bonds is 2. The van der Waals surface area contributed by atoms with Crippen LogP contribution in [0.4, 0.5) is 0 Å². The average molecular weight is 372 g/mol. The summed E-state index contributed by atoms with van der Waals surface area (Å²) >= 11 is 8.67. The molecule has 2 rings (SSSR count). The van der Waals surface area contributed by atoms with Crippen molar-refractivity contribution in [3.8, 4) is 11.5 Å². The number of benzene rings is 2. The number of carbonyl (C=O) groups excluding carboxylic acids is 2. The van der Waals surface area contributed by atoms with Crippen molar-refractivity contribution >= 4 is 35.5 Å². The third-order valence-corrected chi connectivity index (χ3v) is 2.69. The van der Waals surface area contributed by atoms with Crippen LogP contribution in [0, 0.1) is 0 Å². The number of hydrogen-bond acceptors (Lipinski definition) is 6. The number of carbonyl (C=O) groups is 2. The van der Waals surface area contributed by atoms with Gasteiger partial charge in [0, 0.05) is 21.4 Å². The van der Waals surface area contributed by atoms with Crippen molar-refractivity contribution < 1.29 is 39.3 Å². The van der Waals surface area contributed by atoms with Crippen molar-refractivity contribution in [2.24, 2.45) is 0 Å². The van der Waals surface area contributed by atoms with Crippen LogP contribution in [0.1, 0.15) is 20.7 Å². The van der Waals surface area contributed by atoms with E-state index in [-0.39, 0.29) is 42.1 Å². The quantitative estimate of drug-likeness (QED) is 0.622. The Bertz CT molecular complexity index is 576. The molecule has 2 aromatic carbocycles. The number of aromatic hydroxyl groups is 2. The van der Waals surface area contributed by atoms with Gasteiger partial charge in [-0.05, 0) is 24.3 Å². The largest absolute Gasteiger partial charge is 2.00 e. The molecule has 0 spiro atoms. The second kappa shape index (κ2) is 9.39. The van der Waals surface area contributed by atoms with Crippen molar-refractivity contribution in [3.05, 3.63) is 59.7 Å². The van der Waals surface area contributed by atoms with Gasteiger partial charge in [-0.25, -0.2) is 0 Å². The Labute approximate surface area is 145 Å². The Balaban J connectivity index is 0.000000364. The molecular weight excluding hydrogens is 362 g/mol. The van der Waals surface area contributed by atoms with Crippen LogP contribution in [0.3, 0.4) is 0 Å². The van der Waals surface area contributed by atoms with Crippen molar-refractivity contribution in [1.29, 1.82) is 0 Å². The zero-order chi connectivity index (χ0) is 15.1. The van der Waals surface area contributed by atoms with Crippen LogP contribution >= 0.6 is 0 Å². The smallest absolute Gasteiger partial charge is 0.737 e. The average Bonchev–Trinajstić information content (AvgIpc) is 2.40. The summed E-state index contributed by atoms with van der Waals surface area (Å²) < 4.78 is 0. The van der Waals surface area contributed by atoms with Gasteiger partial charge in [0.1, 0.15) is 11.5 Å². The first kappa shape index (κ1) is 19.4. The summed E-state index contributed by atoms with van der Waals surface area (Å²) in [5.41, 5.74) is 0.384. The zero-order valence-corrected chi connectivity index (χ0v) is 15.5. The topological polar surface area (TPSA) is 74.6 Å². The molecule has 0 bridgehead atoms. The van der Waals surface area contributed by atoms with Crippen molar-refractivity contribution in [2.75, 3.05) is 0 Å². The first-order valence-corrected chi connectivity index (χ1v) is 6.23. The van der Waals surface area contributed by atoms with Crippen molar-refractivity contribution in [2.45, 2.75) is 0 Å². The van der Waals surface area contributed by atoms with Crippen LogP contribution in [0.25, 0.3) is 0 Å². The van der Waals surface area contributed by atoms with Gasteiger partial charge in [-0.1, -0.05) is 24.3 Å². The first-order chi connectivity index (χ1) is 9.43. The van der Waals surface area contributed by atoms with Gasteiger partial charge in [0.05, 0.1) is 0 Å². The van der Waals surface area contributed by atoms with E-state index in [1.807, 2.05) is 0 Å². The molecule has 7 heteroatoms. The third kappa shape index (κ3) is 6.16. The molecule has 0 saturated carbocycles. The maximum atomic E-state index is 10.5. The molecule has 0 aliphatic carbocycles. The van der Waals surface area contributed by atoms with E-state index in [1.165, 1.54) is 24.3 Å². The van der Waals surface area contributed by atoms with E-state index < -0.39 is 10.2 Å². The third-order valence-electron chi connectivity index (χ3n) is 2.25. The van der Waals surface area contributed by atoms with Crippen LogP contribution < -0.4 is 0 Å². The van der Waals surface area contributed by atoms with E-state index in [0.717, 1.165) is 0 Å². The van der Waals surface area contributed by atoms with Gasteiger partial charge in [0.25, 0.3) is 0 Å². The van der Waals surface area contributed by atoms with E-state index in [4.69, 9.17) is 10.2 Å². The van der Waals surface area contributed by atoms with Crippen LogP contribution in [0.5, 0.6) is 11.5 Å². The van der Waals surface area contributed by atoms with Gasteiger partial charge >= 0.3 is 19.5 Å². The molecule has 0 amide bonds. The summed E-state index contributed by atoms with van der Waals surface area (Å²) in [6.07, 6.45) is 0. The molecule has 0 unspecified atom stereocenters. The van der Waals surface area contributed by atoms with E-state index in [9.17, 15) is 9.59 Å². The Hall–Kier alpha value is -1.56. The molecule has 0 fully saturated rings. The minimum absolute atomic E-state index is 0. The predicted molar refractivity (Wildman–Crippen MR) is 79.6 cm³/mol. The van der Waals surface area contributed by atoms with Gasteiger partial charge in [-0.15, -0.1) is 0 Å². The Morgan fingerprint density at radius 3 is 1.19 bits per heavy atom. The summed E-state index contributed by atoms with van der Waals surface area (Å²) in [7, 11) is 0. The molecule has 0 atom stereocenters. The summed E-state index contributed by atoms with van der Waals surface area (Å²) in [6.45, 7) is 0. The fourth-order valence-electron chi connectivity index (χ4n) is 1.29. The summed E-state index contributed by atoms with van der Waals surface area (Å²) in [5.74, 6) is -0.106. The van der Waals surface area contributed by atoms with Crippen LogP contribution in [-0.2, 0) is 44.7 Å². The van der Waals surface area contributed by atoms with Crippen molar-refractivity contribution in [1.82, 2.24) is 0 Å². The number of phenolic OH excluding ortho intramolecular Hbond substituents is 2. The van der Waals surface area contributed by atoms with Crippen molar-refractivity contribution in [3.63, 3.8) is 0 Å². The maximum absolute atomic E-state index is 10.5. The molecule has 0 aliphatic heterocycles. The number of para-hydroxylation sites is 2. The molecule has 0 aliphatic rings. The number of hydrogen-bond donors (Lipinski definition) is 2. The molecule has 0 saturated heterocycles. The normalized spacial score (nSPS) is 8.76. The first-order valence-electron chi connectivity index (χ1n) is 5.42. The molecule has 104 valence electrons. The maximum Gasteiger partial charge on any atom is 2.00 e. The second-order valence-electron chi connectivity index (χ2n) is 3.61. The monoisotopic (exact) mass is 370 g/mol. The molecule has 4 nitrogen and oxygen atoms in total. The second-order valence-corrected chi connectivity index (χ2v) is 4.35. The SMILES string of the molecule is O=C([S-])c1ccccc1O.O=C([S-])c1ccccc1O.[Zn+2]. The molecule has 2 N–H and O–H groups in total. The Morgan fingerprint density at radius 1 is 0.714 bits per heavy atom. The van der Waals surface area contributed by atoms with Gasteiger partial charge < -0.3 is 45.1 Å². The molecule has 2 aromatic rings. The molecule has 0 heterocycles. The summed E-state index contributed by atoms with van der Waals surface area (Å²) in [4.78, 5) is 21.0. The fourth-order valence-corrected chi connectivity index (χ4v) is 1.64. The van der Waals surface area contributed by atoms with Gasteiger partial charge in [-0.3, -0.25) is 0 Å². The van der Waals surface area contributed by atoms with Gasteiger partial charge in [-0.2, -0.15) is 0 Å². The zero-order valence-electron chi connectivity index (χ0n) is 10.9. The summed E-state index contributed by atoms with van der Waals surface area (Å²) in [6, 6.07) is 12.4. The van der Waals surface area contributed by atoms with E-state index in [2.05, 4.69) is 25.3 Å². The van der Waals surface area contributed by atoms with Crippen LogP contribution in [-0.4, -0.2) is 20.4 Å². The fraction of sp³-hybridized carbons (Fsp3) is 0. The standard InChI is InChI=1S/2C7H6O2S.Zn/c2*8-6-4-2-1-3-5(6)7(9)10;/h2*1-4,8H,(H,9,10);/q;;+2/p-2. The number of phenols is 2. The van der Waals surface area contributed by atoms with Crippen LogP contribution in [0.2, 0.25) is 0 Å². The van der Waals surface area contributed by atoms with E-state index in [0.29, 0.717) is 0 Å². The molecule has 0 radical (unpaired) electrons. The Kier molecular flexibility index (Phi) is 8.70. The van der Waals surface area contributed by atoms with Gasteiger partial charge in [0.2, 0.25) is 0 Å². The molecule has 21 heavy (non-hydrogen) atoms. The molecular formula is C14H10O4S2Zn. The minimum atomic E-state index is -0.530. The van der Waals surface area contributed by atoms with E-state index in [1.54, 1.807) is 24.3 Å². The van der Waals surface area contributed by atoms with E-state index >= 15 is 0 Å². The van der Waals surface area contributed by atoms with Crippen LogP contribution in [0.15, 0.2) is 48.5 Å². The molecule has 0 aromatic heterocycles. The Morgan fingerprint density at radius 2 is 1.00 bits per heavy atom. The predicted octanol–water partition coefficient (Wildman–Crippen LogP) is 2.16.